The molecule has 0 atom stereocenters. The van der Waals surface area contributed by atoms with Crippen molar-refractivity contribution in [1.82, 2.24) is 4.98 Å². The van der Waals surface area contributed by atoms with Crippen molar-refractivity contribution in [2.75, 3.05) is 0 Å². The molecule has 0 aliphatic heterocycles. The number of rotatable bonds is 1. The standard InChI is InChI=1S/C6H4N2O2/c7-4-5-3-6(10-9)1-2-8-5/h1-3,9H. The molecule has 4 nitrogen and oxygen atoms in total. The van der Waals surface area contributed by atoms with Gasteiger partial charge in [0.25, 0.3) is 0 Å². The van der Waals surface area contributed by atoms with Gasteiger partial charge in [0.15, 0.2) is 5.75 Å². The number of hydrogen-bond acceptors (Lipinski definition) is 4. The second kappa shape index (κ2) is 2.80. The van der Waals surface area contributed by atoms with Crippen LogP contribution in [-0.4, -0.2) is 10.2 Å². The summed E-state index contributed by atoms with van der Waals surface area (Å²) in [6.45, 7) is 0. The lowest BCUT2D eigenvalue weighted by Gasteiger charge is -1.92. The Bertz CT molecular complexity index is 267. The van der Waals surface area contributed by atoms with Gasteiger partial charge in [-0.1, -0.05) is 0 Å². The highest BCUT2D eigenvalue weighted by Crippen LogP contribution is 2.07. The van der Waals surface area contributed by atoms with Crippen LogP contribution in [0.1, 0.15) is 5.69 Å². The molecule has 0 amide bonds. The maximum atomic E-state index is 8.31. The summed E-state index contributed by atoms with van der Waals surface area (Å²) in [5.41, 5.74) is 0.214. The van der Waals surface area contributed by atoms with Crippen LogP contribution in [0.3, 0.4) is 0 Å². The maximum Gasteiger partial charge on any atom is 0.169 e. The second-order valence-electron chi connectivity index (χ2n) is 1.58. The van der Waals surface area contributed by atoms with Crippen molar-refractivity contribution in [2.45, 2.75) is 0 Å². The molecule has 0 bridgehead atoms. The van der Waals surface area contributed by atoms with E-state index in [9.17, 15) is 0 Å². The zero-order chi connectivity index (χ0) is 7.40. The Balaban J connectivity index is 3.01. The van der Waals surface area contributed by atoms with Gasteiger partial charge in [-0.3, -0.25) is 0 Å². The van der Waals surface area contributed by atoms with Gasteiger partial charge in [-0.05, 0) is 0 Å². The van der Waals surface area contributed by atoms with E-state index >= 15 is 0 Å². The van der Waals surface area contributed by atoms with E-state index in [0.717, 1.165) is 0 Å². The smallest absolute Gasteiger partial charge is 0.169 e. The number of pyridine rings is 1. The Morgan fingerprint density at radius 3 is 3.10 bits per heavy atom. The van der Waals surface area contributed by atoms with E-state index in [1.54, 1.807) is 6.07 Å². The minimum absolute atomic E-state index is 0.214. The van der Waals surface area contributed by atoms with Gasteiger partial charge in [0, 0.05) is 18.3 Å². The topological polar surface area (TPSA) is 66.1 Å². The van der Waals surface area contributed by atoms with Crippen molar-refractivity contribution in [3.63, 3.8) is 0 Å². The Labute approximate surface area is 57.2 Å². The zero-order valence-corrected chi connectivity index (χ0v) is 4.98. The van der Waals surface area contributed by atoms with Crippen molar-refractivity contribution < 1.29 is 10.1 Å². The number of nitrogens with zero attached hydrogens (tertiary/aromatic N) is 2. The second-order valence-corrected chi connectivity index (χ2v) is 1.58. The first-order valence-electron chi connectivity index (χ1n) is 2.54. The van der Waals surface area contributed by atoms with Crippen LogP contribution in [0.15, 0.2) is 18.3 Å². The summed E-state index contributed by atoms with van der Waals surface area (Å²) in [5, 5.41) is 16.4. The van der Waals surface area contributed by atoms with Crippen LogP contribution < -0.4 is 4.89 Å². The molecule has 0 aromatic carbocycles. The van der Waals surface area contributed by atoms with E-state index in [1.807, 2.05) is 0 Å². The fourth-order valence-corrected chi connectivity index (χ4v) is 0.529. The molecular formula is C6H4N2O2. The molecule has 0 saturated heterocycles. The molecule has 1 heterocycles. The normalized spacial score (nSPS) is 8.40. The van der Waals surface area contributed by atoms with E-state index in [2.05, 4.69) is 9.87 Å². The largest absolute Gasteiger partial charge is 0.340 e. The first kappa shape index (κ1) is 6.52. The van der Waals surface area contributed by atoms with Gasteiger partial charge < -0.3 is 4.89 Å². The third-order valence-corrected chi connectivity index (χ3v) is 0.951. The summed E-state index contributed by atoms with van der Waals surface area (Å²) in [4.78, 5) is 7.52. The van der Waals surface area contributed by atoms with Gasteiger partial charge in [0.2, 0.25) is 0 Å². The molecule has 4 heteroatoms. The van der Waals surface area contributed by atoms with E-state index in [1.165, 1.54) is 18.3 Å². The number of nitriles is 1. The van der Waals surface area contributed by atoms with Crippen molar-refractivity contribution in [3.8, 4) is 11.8 Å². The molecule has 10 heavy (non-hydrogen) atoms. The summed E-state index contributed by atoms with van der Waals surface area (Å²) < 4.78 is 0. The van der Waals surface area contributed by atoms with Gasteiger partial charge in [0.1, 0.15) is 11.8 Å². The average molecular weight is 136 g/mol. The fourth-order valence-electron chi connectivity index (χ4n) is 0.529. The predicted molar refractivity (Wildman–Crippen MR) is 32.2 cm³/mol. The van der Waals surface area contributed by atoms with E-state index in [4.69, 9.17) is 10.5 Å². The Hall–Kier alpha value is -1.60. The molecule has 0 unspecified atom stereocenters. The highest BCUT2D eigenvalue weighted by molar-refractivity contribution is 5.29. The monoisotopic (exact) mass is 136 g/mol. The van der Waals surface area contributed by atoms with Crippen LogP contribution in [-0.2, 0) is 0 Å². The van der Waals surface area contributed by atoms with Gasteiger partial charge in [-0.2, -0.15) is 5.26 Å². The van der Waals surface area contributed by atoms with Crippen molar-refractivity contribution in [3.05, 3.63) is 24.0 Å². The highest BCUT2D eigenvalue weighted by atomic mass is 17.1. The number of aromatic nitrogens is 1. The molecule has 0 aliphatic carbocycles. The molecular weight excluding hydrogens is 132 g/mol. The first-order valence-corrected chi connectivity index (χ1v) is 2.54. The molecule has 1 aromatic rings. The fraction of sp³-hybridized carbons (Fsp3) is 0. The minimum Gasteiger partial charge on any atom is -0.340 e. The van der Waals surface area contributed by atoms with Crippen LogP contribution in [0.25, 0.3) is 0 Å². The molecule has 50 valence electrons. The summed E-state index contributed by atoms with van der Waals surface area (Å²) >= 11 is 0. The van der Waals surface area contributed by atoms with Gasteiger partial charge in [0.05, 0.1) is 0 Å². The first-order chi connectivity index (χ1) is 4.86. The maximum absolute atomic E-state index is 8.31. The Morgan fingerprint density at radius 2 is 2.50 bits per heavy atom. The molecule has 0 radical (unpaired) electrons. The Kier molecular flexibility index (Phi) is 1.83. The summed E-state index contributed by atoms with van der Waals surface area (Å²) in [6, 6.07) is 4.58. The third kappa shape index (κ3) is 1.21. The average Bonchev–Trinajstić information content (AvgIpc) is 2.05. The highest BCUT2D eigenvalue weighted by Gasteiger charge is 1.94. The van der Waals surface area contributed by atoms with E-state index in [-0.39, 0.29) is 11.4 Å². The molecule has 0 saturated carbocycles. The minimum atomic E-state index is 0.214. The van der Waals surface area contributed by atoms with Crippen molar-refractivity contribution >= 4 is 0 Å². The van der Waals surface area contributed by atoms with Crippen LogP contribution in [0.4, 0.5) is 0 Å². The van der Waals surface area contributed by atoms with Gasteiger partial charge in [-0.15, -0.1) is 0 Å². The Morgan fingerprint density at radius 1 is 1.70 bits per heavy atom. The molecule has 0 spiro atoms. The summed E-state index contributed by atoms with van der Waals surface area (Å²) in [5.74, 6) is 0.214. The van der Waals surface area contributed by atoms with E-state index in [0.29, 0.717) is 0 Å². The molecule has 0 aliphatic rings. The molecule has 1 rings (SSSR count). The van der Waals surface area contributed by atoms with Gasteiger partial charge in [-0.25, -0.2) is 10.2 Å². The van der Waals surface area contributed by atoms with Crippen molar-refractivity contribution in [2.24, 2.45) is 0 Å². The zero-order valence-electron chi connectivity index (χ0n) is 4.98. The summed E-state index contributed by atoms with van der Waals surface area (Å²) in [7, 11) is 0. The lowest BCUT2D eigenvalue weighted by molar-refractivity contribution is -0.137. The molecule has 0 fully saturated rings. The quantitative estimate of drug-likeness (QED) is 0.458. The SMILES string of the molecule is N#Cc1cc(OO)ccn1. The van der Waals surface area contributed by atoms with Crippen LogP contribution in [0, 0.1) is 11.3 Å². The van der Waals surface area contributed by atoms with Crippen LogP contribution >= 0.6 is 0 Å². The predicted octanol–water partition coefficient (Wildman–Crippen LogP) is 0.805. The third-order valence-electron chi connectivity index (χ3n) is 0.951. The molecule has 1 N–H and O–H groups in total. The molecule has 1 aromatic heterocycles. The summed E-state index contributed by atoms with van der Waals surface area (Å²) in [6.07, 6.45) is 1.38. The van der Waals surface area contributed by atoms with Gasteiger partial charge >= 0.3 is 0 Å². The lowest BCUT2D eigenvalue weighted by Crippen LogP contribution is -1.86. The van der Waals surface area contributed by atoms with E-state index < -0.39 is 0 Å². The number of hydrogen-bond donors (Lipinski definition) is 1. The van der Waals surface area contributed by atoms with Crippen molar-refractivity contribution in [1.29, 1.82) is 5.26 Å². The van der Waals surface area contributed by atoms with Crippen LogP contribution in [0.2, 0.25) is 0 Å². The lowest BCUT2D eigenvalue weighted by atomic mass is 10.3. The van der Waals surface area contributed by atoms with Crippen LogP contribution in [0.5, 0.6) is 5.75 Å².